The molecule has 1 aromatic heterocycles. The predicted octanol–water partition coefficient (Wildman–Crippen LogP) is 6.29. The quantitative estimate of drug-likeness (QED) is 0.183. The van der Waals surface area contributed by atoms with Crippen LogP contribution >= 0.6 is 46.6 Å². The van der Waals surface area contributed by atoms with Crippen molar-refractivity contribution in [1.82, 2.24) is 15.0 Å². The van der Waals surface area contributed by atoms with Gasteiger partial charge in [0.25, 0.3) is 5.91 Å². The summed E-state index contributed by atoms with van der Waals surface area (Å²) in [7, 11) is 0. The van der Waals surface area contributed by atoms with Crippen molar-refractivity contribution in [2.24, 2.45) is 5.10 Å². The first-order chi connectivity index (χ1) is 15.5. The van der Waals surface area contributed by atoms with E-state index in [0.717, 1.165) is 21.8 Å². The normalized spacial score (nSPS) is 11.3. The van der Waals surface area contributed by atoms with Gasteiger partial charge in [0.2, 0.25) is 0 Å². The number of rotatable bonds is 7. The van der Waals surface area contributed by atoms with Crippen molar-refractivity contribution >= 4 is 69.7 Å². The average Bonchev–Trinajstić information content (AvgIpc) is 3.13. The van der Waals surface area contributed by atoms with Gasteiger partial charge in [-0.25, -0.2) is 10.4 Å². The molecular formula is C23H17Cl3N4OS. The molecule has 0 saturated heterocycles. The van der Waals surface area contributed by atoms with E-state index in [4.69, 9.17) is 39.8 Å². The lowest BCUT2D eigenvalue weighted by atomic mass is 10.2. The standard InChI is InChI=1S/C23H17Cl3N4OS/c24-17-7-2-1-6-15(17)13-30-21-11-4-3-10-20(21)28-23(30)32-14-22(31)29-27-12-16-18(25)8-5-9-19(16)26/h1-12H,13-14H2,(H,29,31)/b27-12+. The summed E-state index contributed by atoms with van der Waals surface area (Å²) in [6, 6.07) is 20.7. The lowest BCUT2D eigenvalue weighted by molar-refractivity contribution is -0.118. The summed E-state index contributed by atoms with van der Waals surface area (Å²) in [6.07, 6.45) is 1.43. The van der Waals surface area contributed by atoms with Crippen molar-refractivity contribution in [2.45, 2.75) is 11.7 Å². The molecule has 4 rings (SSSR count). The van der Waals surface area contributed by atoms with Gasteiger partial charge in [-0.15, -0.1) is 0 Å². The third-order valence-corrected chi connectivity index (χ3v) is 6.63. The number of thioether (sulfide) groups is 1. The minimum absolute atomic E-state index is 0.138. The third kappa shape index (κ3) is 5.27. The van der Waals surface area contributed by atoms with Crippen LogP contribution in [0.5, 0.6) is 0 Å². The van der Waals surface area contributed by atoms with Gasteiger partial charge in [-0.1, -0.05) is 83.0 Å². The second kappa shape index (κ2) is 10.4. The molecule has 0 spiro atoms. The number of para-hydroxylation sites is 2. The monoisotopic (exact) mass is 502 g/mol. The molecule has 9 heteroatoms. The number of carbonyl (C=O) groups excluding carboxylic acids is 1. The number of aromatic nitrogens is 2. The summed E-state index contributed by atoms with van der Waals surface area (Å²) in [4.78, 5) is 17.0. The number of imidazole rings is 1. The van der Waals surface area contributed by atoms with E-state index < -0.39 is 0 Å². The second-order valence-corrected chi connectivity index (χ2v) is 8.94. The van der Waals surface area contributed by atoms with E-state index in [1.54, 1.807) is 18.2 Å². The number of hydrazone groups is 1. The SMILES string of the molecule is O=C(CSc1nc2ccccc2n1Cc1ccccc1Cl)N/N=C/c1c(Cl)cccc1Cl. The van der Waals surface area contributed by atoms with Crippen molar-refractivity contribution in [2.75, 3.05) is 5.75 Å². The molecule has 0 radical (unpaired) electrons. The van der Waals surface area contributed by atoms with Gasteiger partial charge in [0.15, 0.2) is 5.16 Å². The van der Waals surface area contributed by atoms with Gasteiger partial charge in [-0.05, 0) is 35.9 Å². The number of benzene rings is 3. The van der Waals surface area contributed by atoms with E-state index in [1.165, 1.54) is 18.0 Å². The van der Waals surface area contributed by atoms with E-state index >= 15 is 0 Å². The van der Waals surface area contributed by atoms with Crippen LogP contribution < -0.4 is 5.43 Å². The van der Waals surface area contributed by atoms with Crippen LogP contribution in [0.15, 0.2) is 77.0 Å². The van der Waals surface area contributed by atoms with Gasteiger partial charge in [-0.2, -0.15) is 5.10 Å². The fourth-order valence-corrected chi connectivity index (χ4v) is 4.58. The Morgan fingerprint density at radius 1 is 0.969 bits per heavy atom. The van der Waals surface area contributed by atoms with E-state index in [2.05, 4.69) is 15.1 Å². The van der Waals surface area contributed by atoms with Gasteiger partial charge < -0.3 is 4.57 Å². The molecule has 0 bridgehead atoms. The zero-order chi connectivity index (χ0) is 22.5. The Morgan fingerprint density at radius 3 is 2.44 bits per heavy atom. The molecule has 1 N–H and O–H groups in total. The van der Waals surface area contributed by atoms with Gasteiger partial charge in [0.1, 0.15) is 0 Å². The minimum Gasteiger partial charge on any atom is -0.314 e. The van der Waals surface area contributed by atoms with Crippen molar-refractivity contribution < 1.29 is 4.79 Å². The maximum Gasteiger partial charge on any atom is 0.250 e. The molecule has 5 nitrogen and oxygen atoms in total. The third-order valence-electron chi connectivity index (χ3n) is 4.62. The molecule has 0 aliphatic rings. The van der Waals surface area contributed by atoms with Crippen LogP contribution in [-0.4, -0.2) is 27.4 Å². The average molecular weight is 504 g/mol. The molecule has 0 unspecified atom stereocenters. The number of nitrogens with zero attached hydrogens (tertiary/aromatic N) is 3. The van der Waals surface area contributed by atoms with Gasteiger partial charge in [0.05, 0.1) is 39.6 Å². The maximum atomic E-state index is 12.3. The lowest BCUT2D eigenvalue weighted by Crippen LogP contribution is -2.20. The van der Waals surface area contributed by atoms with E-state index in [0.29, 0.717) is 27.2 Å². The van der Waals surface area contributed by atoms with Crippen molar-refractivity contribution in [1.29, 1.82) is 0 Å². The maximum absolute atomic E-state index is 12.3. The van der Waals surface area contributed by atoms with Crippen LogP contribution in [0.3, 0.4) is 0 Å². The summed E-state index contributed by atoms with van der Waals surface area (Å²) in [5, 5.41) is 6.29. The van der Waals surface area contributed by atoms with Crippen molar-refractivity contribution in [3.8, 4) is 0 Å². The predicted molar refractivity (Wildman–Crippen MR) is 133 cm³/mol. The molecule has 1 heterocycles. The highest BCUT2D eigenvalue weighted by Gasteiger charge is 2.14. The van der Waals surface area contributed by atoms with Crippen molar-refractivity contribution in [3.63, 3.8) is 0 Å². The number of amides is 1. The molecule has 3 aromatic carbocycles. The van der Waals surface area contributed by atoms with Crippen LogP contribution in [0.25, 0.3) is 11.0 Å². The molecule has 0 fully saturated rings. The van der Waals surface area contributed by atoms with Crippen LogP contribution in [-0.2, 0) is 11.3 Å². The lowest BCUT2D eigenvalue weighted by Gasteiger charge is -2.10. The first-order valence-corrected chi connectivity index (χ1v) is 11.7. The zero-order valence-corrected chi connectivity index (χ0v) is 19.7. The number of hydrogen-bond donors (Lipinski definition) is 1. The highest BCUT2D eigenvalue weighted by Crippen LogP contribution is 2.27. The number of halogens is 3. The van der Waals surface area contributed by atoms with Crippen LogP contribution in [0, 0.1) is 0 Å². The zero-order valence-electron chi connectivity index (χ0n) is 16.6. The van der Waals surface area contributed by atoms with Gasteiger partial charge >= 0.3 is 0 Å². The molecule has 0 atom stereocenters. The molecule has 0 aliphatic heterocycles. The second-order valence-electron chi connectivity index (χ2n) is 6.78. The molecule has 162 valence electrons. The Balaban J connectivity index is 1.47. The van der Waals surface area contributed by atoms with Crippen LogP contribution in [0.1, 0.15) is 11.1 Å². The smallest absolute Gasteiger partial charge is 0.250 e. The molecule has 1 amide bonds. The summed E-state index contributed by atoms with van der Waals surface area (Å²) in [5.41, 5.74) is 5.85. The topological polar surface area (TPSA) is 59.3 Å². The Labute approximate surface area is 204 Å². The van der Waals surface area contributed by atoms with Crippen molar-refractivity contribution in [3.05, 3.63) is 92.9 Å². The number of fused-ring (bicyclic) bond motifs is 1. The Bertz CT molecular complexity index is 1290. The molecule has 0 aliphatic carbocycles. The van der Waals surface area contributed by atoms with Gasteiger partial charge in [-0.3, -0.25) is 4.79 Å². The number of nitrogens with one attached hydrogen (secondary N) is 1. The largest absolute Gasteiger partial charge is 0.314 e. The molecule has 32 heavy (non-hydrogen) atoms. The summed E-state index contributed by atoms with van der Waals surface area (Å²) < 4.78 is 2.06. The summed E-state index contributed by atoms with van der Waals surface area (Å²) in [5.74, 6) is -0.134. The number of carbonyl (C=O) groups is 1. The summed E-state index contributed by atoms with van der Waals surface area (Å²) in [6.45, 7) is 0.549. The highest BCUT2D eigenvalue weighted by atomic mass is 35.5. The van der Waals surface area contributed by atoms with Crippen LogP contribution in [0.2, 0.25) is 15.1 Å². The molecule has 4 aromatic rings. The fourth-order valence-electron chi connectivity index (χ4n) is 3.08. The Morgan fingerprint density at radius 2 is 1.66 bits per heavy atom. The van der Waals surface area contributed by atoms with E-state index in [-0.39, 0.29) is 11.7 Å². The molecule has 0 saturated carbocycles. The Kier molecular flexibility index (Phi) is 7.37. The van der Waals surface area contributed by atoms with E-state index in [9.17, 15) is 4.79 Å². The highest BCUT2D eigenvalue weighted by molar-refractivity contribution is 7.99. The Hall–Kier alpha value is -2.51. The minimum atomic E-state index is -0.272. The summed E-state index contributed by atoms with van der Waals surface area (Å²) >= 11 is 19.9. The fraction of sp³-hybridized carbons (Fsp3) is 0.0870. The van der Waals surface area contributed by atoms with Gasteiger partial charge in [0, 0.05) is 10.6 Å². The van der Waals surface area contributed by atoms with Crippen LogP contribution in [0.4, 0.5) is 0 Å². The molecular weight excluding hydrogens is 487 g/mol. The van der Waals surface area contributed by atoms with E-state index in [1.807, 2.05) is 48.5 Å². The number of hydrogen-bond acceptors (Lipinski definition) is 4. The first-order valence-electron chi connectivity index (χ1n) is 9.60. The first kappa shape index (κ1) is 22.7.